The first-order valence-electron chi connectivity index (χ1n) is 5.69. The zero-order chi connectivity index (χ0) is 13.3. The molecule has 1 aliphatic rings. The zero-order valence-corrected chi connectivity index (χ0v) is 9.81. The summed E-state index contributed by atoms with van der Waals surface area (Å²) in [5.74, 6) is -1.27. The summed E-state index contributed by atoms with van der Waals surface area (Å²) in [7, 11) is 0. The lowest BCUT2D eigenvalue weighted by atomic mass is 9.91. The van der Waals surface area contributed by atoms with E-state index in [9.17, 15) is 18.9 Å². The fraction of sp³-hybridized carbons (Fsp3) is 0.500. The fourth-order valence-electron chi connectivity index (χ4n) is 2.21. The Balaban J connectivity index is 2.35. The van der Waals surface area contributed by atoms with Crippen LogP contribution < -0.4 is 0 Å². The predicted octanol–water partition coefficient (Wildman–Crippen LogP) is 2.71. The highest BCUT2D eigenvalue weighted by Gasteiger charge is 2.40. The molecule has 0 bridgehead atoms. The van der Waals surface area contributed by atoms with Gasteiger partial charge in [0.25, 0.3) is 0 Å². The van der Waals surface area contributed by atoms with Gasteiger partial charge >= 0.3 is 0 Å². The highest BCUT2D eigenvalue weighted by atomic mass is 19.1. The quantitative estimate of drug-likeness (QED) is 0.604. The van der Waals surface area contributed by atoms with Crippen LogP contribution in [0.5, 0.6) is 0 Å². The normalized spacial score (nSPS) is 28.1. The largest absolute Gasteiger partial charge is 0.366 e. The summed E-state index contributed by atoms with van der Waals surface area (Å²) in [5, 5.41) is 11.0. The molecule has 1 aromatic rings. The number of rotatable bonds is 2. The van der Waals surface area contributed by atoms with Gasteiger partial charge in [0.2, 0.25) is 6.04 Å². The topological polar surface area (TPSA) is 52.4 Å². The van der Waals surface area contributed by atoms with Gasteiger partial charge in [0.05, 0.1) is 6.61 Å². The lowest BCUT2D eigenvalue weighted by Crippen LogP contribution is -2.37. The summed E-state index contributed by atoms with van der Waals surface area (Å²) in [6.07, 6.45) is -0.722. The highest BCUT2D eigenvalue weighted by molar-refractivity contribution is 5.22. The Bertz CT molecular complexity index is 467. The maximum atomic E-state index is 13.6. The molecule has 1 aliphatic heterocycles. The fourth-order valence-corrected chi connectivity index (χ4v) is 2.21. The summed E-state index contributed by atoms with van der Waals surface area (Å²) >= 11 is 0. The molecule has 2 rings (SSSR count). The van der Waals surface area contributed by atoms with Crippen LogP contribution in [0.4, 0.5) is 8.78 Å². The molecule has 0 amide bonds. The molecule has 1 saturated heterocycles. The molecule has 6 heteroatoms. The van der Waals surface area contributed by atoms with Gasteiger partial charge in [0.15, 0.2) is 6.10 Å². The van der Waals surface area contributed by atoms with E-state index in [-0.39, 0.29) is 11.5 Å². The van der Waals surface area contributed by atoms with Crippen LogP contribution in [-0.4, -0.2) is 17.6 Å². The van der Waals surface area contributed by atoms with Crippen molar-refractivity contribution in [2.24, 2.45) is 5.92 Å². The molecule has 1 unspecified atom stereocenters. The molecule has 3 atom stereocenters. The summed E-state index contributed by atoms with van der Waals surface area (Å²) in [6.45, 7) is 2.14. The van der Waals surface area contributed by atoms with Crippen molar-refractivity contribution in [3.05, 3.63) is 45.5 Å². The average Bonchev–Trinajstić information content (AvgIpc) is 2.32. The van der Waals surface area contributed by atoms with Gasteiger partial charge in [-0.2, -0.15) is 0 Å². The van der Waals surface area contributed by atoms with Crippen molar-refractivity contribution in [1.82, 2.24) is 0 Å². The second-order valence-electron chi connectivity index (χ2n) is 4.61. The number of nitrogens with zero attached hydrogens (tertiary/aromatic N) is 1. The maximum absolute atomic E-state index is 13.6. The maximum Gasteiger partial charge on any atom is 0.243 e. The van der Waals surface area contributed by atoms with Crippen LogP contribution in [0.1, 0.15) is 25.0 Å². The Labute approximate surface area is 103 Å². The minimum Gasteiger partial charge on any atom is -0.366 e. The summed E-state index contributed by atoms with van der Waals surface area (Å²) < 4.78 is 32.1. The van der Waals surface area contributed by atoms with Crippen LogP contribution in [-0.2, 0) is 4.74 Å². The summed E-state index contributed by atoms with van der Waals surface area (Å²) in [5.41, 5.74) is -0.0800. The van der Waals surface area contributed by atoms with Gasteiger partial charge in [-0.3, -0.25) is 10.1 Å². The van der Waals surface area contributed by atoms with E-state index in [1.165, 1.54) is 0 Å². The Hall–Kier alpha value is -1.56. The molecule has 0 radical (unpaired) electrons. The standard InChI is InChI=1S/C12H13F2NO3/c1-7-4-11(15(16)17)12(18-6-7)9-5-8(13)2-3-10(9)14/h2-3,5,7,11-12H,4,6H2,1H3/t7?,11-,12+/m0/s1. The lowest BCUT2D eigenvalue weighted by Gasteiger charge is -2.30. The van der Waals surface area contributed by atoms with Crippen LogP contribution in [0.2, 0.25) is 0 Å². The predicted molar refractivity (Wildman–Crippen MR) is 59.6 cm³/mol. The van der Waals surface area contributed by atoms with Crippen LogP contribution in [0, 0.1) is 27.7 Å². The Morgan fingerprint density at radius 2 is 2.17 bits per heavy atom. The Morgan fingerprint density at radius 3 is 2.83 bits per heavy atom. The van der Waals surface area contributed by atoms with E-state index in [2.05, 4.69) is 0 Å². The van der Waals surface area contributed by atoms with Gasteiger partial charge in [-0.1, -0.05) is 6.92 Å². The molecule has 1 heterocycles. The third kappa shape index (κ3) is 2.48. The number of halogens is 2. The number of hydrogen-bond acceptors (Lipinski definition) is 3. The van der Waals surface area contributed by atoms with E-state index in [0.717, 1.165) is 18.2 Å². The van der Waals surface area contributed by atoms with Crippen molar-refractivity contribution in [2.45, 2.75) is 25.5 Å². The molecule has 0 aliphatic carbocycles. The van der Waals surface area contributed by atoms with Crippen LogP contribution in [0.3, 0.4) is 0 Å². The molecular weight excluding hydrogens is 244 g/mol. The van der Waals surface area contributed by atoms with E-state index in [4.69, 9.17) is 4.74 Å². The molecule has 0 N–H and O–H groups in total. The molecule has 98 valence electrons. The first kappa shape index (κ1) is 12.9. The van der Waals surface area contributed by atoms with E-state index in [1.807, 2.05) is 6.92 Å². The number of hydrogen-bond donors (Lipinski definition) is 0. The van der Waals surface area contributed by atoms with Gasteiger partial charge in [-0.25, -0.2) is 8.78 Å². The van der Waals surface area contributed by atoms with Crippen LogP contribution in [0.25, 0.3) is 0 Å². The smallest absolute Gasteiger partial charge is 0.243 e. The van der Waals surface area contributed by atoms with Gasteiger partial charge in [-0.15, -0.1) is 0 Å². The average molecular weight is 257 g/mol. The monoisotopic (exact) mass is 257 g/mol. The van der Waals surface area contributed by atoms with Crippen molar-refractivity contribution in [1.29, 1.82) is 0 Å². The van der Waals surface area contributed by atoms with E-state index >= 15 is 0 Å². The lowest BCUT2D eigenvalue weighted by molar-refractivity contribution is -0.544. The van der Waals surface area contributed by atoms with Crippen LogP contribution >= 0.6 is 0 Å². The SMILES string of the molecule is CC1CO[C@H](c2cc(F)ccc2F)[C@@H]([N+](=O)[O-])C1. The van der Waals surface area contributed by atoms with Gasteiger partial charge in [0, 0.05) is 16.9 Å². The van der Waals surface area contributed by atoms with Crippen molar-refractivity contribution in [3.8, 4) is 0 Å². The summed E-state index contributed by atoms with van der Waals surface area (Å²) in [6, 6.07) is 1.87. The van der Waals surface area contributed by atoms with Crippen molar-refractivity contribution in [3.63, 3.8) is 0 Å². The number of nitro groups is 1. The summed E-state index contributed by atoms with van der Waals surface area (Å²) in [4.78, 5) is 10.5. The van der Waals surface area contributed by atoms with Crippen molar-refractivity contribution < 1.29 is 18.4 Å². The molecular formula is C12H13F2NO3. The minimum absolute atomic E-state index is 0.0354. The van der Waals surface area contributed by atoms with Crippen LogP contribution in [0.15, 0.2) is 18.2 Å². The number of benzene rings is 1. The first-order valence-corrected chi connectivity index (χ1v) is 5.69. The van der Waals surface area contributed by atoms with Crippen molar-refractivity contribution in [2.75, 3.05) is 6.61 Å². The third-order valence-electron chi connectivity index (χ3n) is 3.09. The van der Waals surface area contributed by atoms with E-state index in [1.54, 1.807) is 0 Å². The van der Waals surface area contributed by atoms with Crippen molar-refractivity contribution >= 4 is 0 Å². The Kier molecular flexibility index (Phi) is 3.56. The van der Waals surface area contributed by atoms with E-state index < -0.39 is 28.7 Å². The Morgan fingerprint density at radius 1 is 1.44 bits per heavy atom. The molecule has 0 spiro atoms. The third-order valence-corrected chi connectivity index (χ3v) is 3.09. The molecule has 18 heavy (non-hydrogen) atoms. The highest BCUT2D eigenvalue weighted by Crippen LogP contribution is 2.34. The zero-order valence-electron chi connectivity index (χ0n) is 9.81. The van der Waals surface area contributed by atoms with Gasteiger partial charge in [-0.05, 0) is 24.1 Å². The van der Waals surface area contributed by atoms with Gasteiger partial charge in [0.1, 0.15) is 11.6 Å². The minimum atomic E-state index is -1.04. The molecule has 1 aromatic carbocycles. The molecule has 1 fully saturated rings. The molecule has 0 aromatic heterocycles. The first-order chi connectivity index (χ1) is 8.49. The molecule has 0 saturated carbocycles. The second kappa shape index (κ2) is 4.97. The second-order valence-corrected chi connectivity index (χ2v) is 4.61. The molecule has 4 nitrogen and oxygen atoms in total. The number of ether oxygens (including phenoxy) is 1. The van der Waals surface area contributed by atoms with Gasteiger partial charge < -0.3 is 4.74 Å². The van der Waals surface area contributed by atoms with E-state index in [0.29, 0.717) is 13.0 Å².